The largest absolute Gasteiger partial charge is 0.399 e. The Morgan fingerprint density at radius 1 is 1.06 bits per heavy atom. The maximum absolute atomic E-state index is 14.4. The van der Waals surface area contributed by atoms with Gasteiger partial charge in [-0.25, -0.2) is 8.78 Å². The number of thiophene rings is 1. The highest BCUT2D eigenvalue weighted by Crippen LogP contribution is 2.59. The Hall–Kier alpha value is -3.87. The first-order valence-electron chi connectivity index (χ1n) is 16.0. The third kappa shape index (κ3) is 7.02. The van der Waals surface area contributed by atoms with Crippen molar-refractivity contribution < 1.29 is 46.3 Å². The van der Waals surface area contributed by atoms with Crippen LogP contribution >= 0.6 is 18.9 Å². The van der Waals surface area contributed by atoms with E-state index in [2.05, 4.69) is 11.4 Å². The smallest absolute Gasteiger partial charge is 0.339 e. The topological polar surface area (TPSA) is 154 Å². The van der Waals surface area contributed by atoms with E-state index in [1.165, 1.54) is 21.9 Å². The van der Waals surface area contributed by atoms with Crippen molar-refractivity contribution in [1.29, 1.82) is 5.26 Å². The van der Waals surface area contributed by atoms with Crippen LogP contribution in [0.25, 0.3) is 10.1 Å². The Morgan fingerprint density at radius 2 is 1.80 bits per heavy atom. The number of carbonyl (C=O) groups is 3. The van der Waals surface area contributed by atoms with Crippen LogP contribution in [0.2, 0.25) is 0 Å². The van der Waals surface area contributed by atoms with Gasteiger partial charge in [-0.05, 0) is 48.4 Å². The van der Waals surface area contributed by atoms with Crippen molar-refractivity contribution in [2.24, 2.45) is 5.92 Å². The van der Waals surface area contributed by atoms with Crippen molar-refractivity contribution in [1.82, 2.24) is 20.0 Å². The molecule has 17 heteroatoms. The van der Waals surface area contributed by atoms with Gasteiger partial charge in [-0.15, -0.1) is 11.3 Å². The SMILES string of the molecule is N#C[C@@H]1CN(C(=O)[C@@H]2CC[C@@H]3CCN(CC(F)F)C[C@H](NC(=O)c4cc5cc(C(F)(F)P(=O)(O)O)ccc5s4)C(=O)N32)C[C@H]1c1ccccc1. The number of rotatable bonds is 8. The van der Waals surface area contributed by atoms with E-state index >= 15 is 0 Å². The zero-order chi connectivity index (χ0) is 36.0. The number of hydrogen-bond acceptors (Lipinski definition) is 7. The standard InChI is InChI=1S/C33H34F4N5O6PS/c34-29(35)18-40-11-10-23-7-8-26(32(45)41-15-21(14-38)24(16-41)19-4-2-1-3-5-19)42(23)31(44)25(17-40)39-30(43)28-13-20-12-22(6-9-27(20)50-28)33(36,37)49(46,47)48/h1-6,9,12-13,21,23-26,29H,7-8,10-11,15-18H2,(H,39,43)(H2,46,47,48)/t21-,23-,24+,25+,26+/m1/s1. The van der Waals surface area contributed by atoms with Crippen LogP contribution in [-0.2, 0) is 19.8 Å². The van der Waals surface area contributed by atoms with Gasteiger partial charge in [0.1, 0.15) is 12.1 Å². The Labute approximate surface area is 288 Å². The first-order chi connectivity index (χ1) is 23.7. The molecule has 3 aliphatic rings. The van der Waals surface area contributed by atoms with Crippen molar-refractivity contribution in [3.63, 3.8) is 0 Å². The lowest BCUT2D eigenvalue weighted by Gasteiger charge is -2.39. The van der Waals surface area contributed by atoms with Gasteiger partial charge >= 0.3 is 13.3 Å². The van der Waals surface area contributed by atoms with E-state index in [0.717, 1.165) is 29.0 Å². The lowest BCUT2D eigenvalue weighted by Crippen LogP contribution is -2.61. The molecule has 0 unspecified atom stereocenters. The van der Waals surface area contributed by atoms with Crippen LogP contribution in [0, 0.1) is 17.2 Å². The fourth-order valence-electron chi connectivity index (χ4n) is 7.25. The summed E-state index contributed by atoms with van der Waals surface area (Å²) in [4.78, 5) is 64.5. The molecule has 50 heavy (non-hydrogen) atoms. The van der Waals surface area contributed by atoms with E-state index in [1.807, 2.05) is 30.3 Å². The Morgan fingerprint density at radius 3 is 2.48 bits per heavy atom. The minimum Gasteiger partial charge on any atom is -0.339 e. The number of nitriles is 1. The molecule has 11 nitrogen and oxygen atoms in total. The van der Waals surface area contributed by atoms with Gasteiger partial charge in [0.15, 0.2) is 0 Å². The van der Waals surface area contributed by atoms with E-state index in [4.69, 9.17) is 9.79 Å². The molecule has 0 bridgehead atoms. The quantitative estimate of drug-likeness (QED) is 0.229. The van der Waals surface area contributed by atoms with E-state index in [1.54, 1.807) is 4.90 Å². The summed E-state index contributed by atoms with van der Waals surface area (Å²) in [5, 5.41) is 12.6. The molecule has 0 spiro atoms. The Bertz CT molecular complexity index is 1870. The van der Waals surface area contributed by atoms with E-state index in [0.29, 0.717) is 30.5 Å². The molecule has 0 radical (unpaired) electrons. The van der Waals surface area contributed by atoms with Crippen molar-refractivity contribution in [2.75, 3.05) is 32.7 Å². The molecule has 3 fully saturated rings. The summed E-state index contributed by atoms with van der Waals surface area (Å²) in [6.45, 7) is -0.242. The maximum Gasteiger partial charge on any atom is 0.399 e. The van der Waals surface area contributed by atoms with Gasteiger partial charge in [0.25, 0.3) is 12.3 Å². The predicted octanol–water partition coefficient (Wildman–Crippen LogP) is 4.32. The summed E-state index contributed by atoms with van der Waals surface area (Å²) in [6.07, 6.45) is -1.60. The van der Waals surface area contributed by atoms with Crippen LogP contribution < -0.4 is 5.32 Å². The third-order valence-corrected chi connectivity index (χ3v) is 11.8. The second-order valence-corrected chi connectivity index (χ2v) is 15.6. The fourth-order valence-corrected chi connectivity index (χ4v) is 8.67. The average molecular weight is 736 g/mol. The van der Waals surface area contributed by atoms with Gasteiger partial charge in [0.2, 0.25) is 11.8 Å². The molecular weight excluding hydrogens is 701 g/mol. The predicted molar refractivity (Wildman–Crippen MR) is 175 cm³/mol. The summed E-state index contributed by atoms with van der Waals surface area (Å²) in [5.74, 6) is -2.37. The Kier molecular flexibility index (Phi) is 10.1. The van der Waals surface area contributed by atoms with Gasteiger partial charge in [-0.3, -0.25) is 23.8 Å². The molecule has 4 heterocycles. The van der Waals surface area contributed by atoms with Crippen molar-refractivity contribution in [2.45, 2.75) is 55.4 Å². The summed E-state index contributed by atoms with van der Waals surface area (Å²) in [5.41, 5.74) is -4.47. The second kappa shape index (κ2) is 14.0. The monoisotopic (exact) mass is 735 g/mol. The van der Waals surface area contributed by atoms with Crippen molar-refractivity contribution in [3.05, 3.63) is 70.6 Å². The average Bonchev–Trinajstić information content (AvgIpc) is 3.81. The summed E-state index contributed by atoms with van der Waals surface area (Å²) in [7, 11) is -5.84. The number of hydrogen-bond donors (Lipinski definition) is 3. The van der Waals surface area contributed by atoms with Gasteiger partial charge in [-0.1, -0.05) is 36.4 Å². The van der Waals surface area contributed by atoms with Gasteiger partial charge in [0.05, 0.1) is 23.4 Å². The number of fused-ring (bicyclic) bond motifs is 2. The van der Waals surface area contributed by atoms with Crippen LogP contribution in [0.15, 0.2) is 54.6 Å². The van der Waals surface area contributed by atoms with E-state index < -0.39 is 67.7 Å². The number of amides is 3. The molecule has 1 aromatic heterocycles. The maximum atomic E-state index is 14.4. The zero-order valence-corrected chi connectivity index (χ0v) is 28.2. The van der Waals surface area contributed by atoms with E-state index in [9.17, 15) is 41.8 Å². The number of nitrogens with zero attached hydrogens (tertiary/aromatic N) is 4. The molecule has 3 amide bonds. The number of nitrogens with one attached hydrogen (secondary N) is 1. The van der Waals surface area contributed by atoms with Crippen molar-refractivity contribution in [3.8, 4) is 6.07 Å². The lowest BCUT2D eigenvalue weighted by atomic mass is 9.90. The molecule has 3 aromatic rings. The fraction of sp³-hybridized carbons (Fsp3) is 0.455. The summed E-state index contributed by atoms with van der Waals surface area (Å²) in [6, 6.07) is 13.2. The highest BCUT2D eigenvalue weighted by Gasteiger charge is 2.51. The minimum absolute atomic E-state index is 0.0101. The van der Waals surface area contributed by atoms with Gasteiger partial charge in [-0.2, -0.15) is 14.0 Å². The lowest BCUT2D eigenvalue weighted by molar-refractivity contribution is -0.147. The van der Waals surface area contributed by atoms with Gasteiger partial charge < -0.3 is 24.9 Å². The first-order valence-corrected chi connectivity index (χ1v) is 18.4. The summed E-state index contributed by atoms with van der Waals surface area (Å²) >= 11 is 0.888. The number of halogens is 4. The van der Waals surface area contributed by atoms with Crippen LogP contribution in [0.4, 0.5) is 17.6 Å². The number of carbonyl (C=O) groups excluding carboxylic acids is 3. The summed E-state index contributed by atoms with van der Waals surface area (Å²) < 4.78 is 67.5. The highest BCUT2D eigenvalue weighted by atomic mass is 32.1. The second-order valence-electron chi connectivity index (χ2n) is 12.9. The van der Waals surface area contributed by atoms with E-state index in [-0.39, 0.29) is 41.7 Å². The molecular formula is C33H34F4N5O6PS. The molecule has 3 saturated heterocycles. The molecule has 3 aliphatic heterocycles. The molecule has 6 rings (SSSR count). The minimum atomic E-state index is -5.84. The third-order valence-electron chi connectivity index (χ3n) is 9.74. The first kappa shape index (κ1) is 35.9. The normalized spacial score (nSPS) is 25.0. The van der Waals surface area contributed by atoms with Crippen LogP contribution in [0.3, 0.4) is 0 Å². The van der Waals surface area contributed by atoms with Crippen LogP contribution in [0.1, 0.15) is 46.0 Å². The van der Waals surface area contributed by atoms with Crippen LogP contribution in [-0.4, -0.2) is 99.5 Å². The number of benzene rings is 2. The molecule has 0 saturated carbocycles. The van der Waals surface area contributed by atoms with Crippen molar-refractivity contribution >= 4 is 46.7 Å². The highest BCUT2D eigenvalue weighted by molar-refractivity contribution is 7.52. The number of likely N-dealkylation sites (tertiary alicyclic amines) is 1. The Balaban J connectivity index is 1.24. The molecule has 266 valence electrons. The zero-order valence-electron chi connectivity index (χ0n) is 26.5. The van der Waals surface area contributed by atoms with Gasteiger partial charge in [0, 0.05) is 48.4 Å². The molecule has 3 N–H and O–H groups in total. The molecule has 0 aliphatic carbocycles. The molecule has 2 aromatic carbocycles. The van der Waals surface area contributed by atoms with Crippen LogP contribution in [0.5, 0.6) is 0 Å². The molecule has 5 atom stereocenters. The number of alkyl halides is 4.